The molecule has 3 saturated carbocycles. The van der Waals surface area contributed by atoms with E-state index in [9.17, 15) is 14.7 Å². The zero-order chi connectivity index (χ0) is 29.3. The Labute approximate surface area is 248 Å². The quantitative estimate of drug-likeness (QED) is 0.259. The molecular formula is C34H44O8. The van der Waals surface area contributed by atoms with Gasteiger partial charge in [0, 0.05) is 13.7 Å². The predicted molar refractivity (Wildman–Crippen MR) is 157 cm³/mol. The van der Waals surface area contributed by atoms with Crippen molar-refractivity contribution in [3.63, 3.8) is 0 Å². The molecule has 0 amide bonds. The molecule has 0 spiro atoms. The standard InChI is InChI=1S/C34H44O8/c1-38-26-10-12-28(13-11-26)40-30-16-20-32(21-17-30)42-34(37)25-6-4-24(5-7-25)33(36)41-31-18-14-29(15-19-31)39-27-8-2-23(22-35)3-9-27/h14-21,23-28,35H,2-13,22H2,1H3. The van der Waals surface area contributed by atoms with Gasteiger partial charge in [0.05, 0.1) is 30.1 Å². The number of carbonyl (C=O) groups is 2. The van der Waals surface area contributed by atoms with Crippen molar-refractivity contribution in [2.24, 2.45) is 17.8 Å². The maximum atomic E-state index is 12.8. The van der Waals surface area contributed by atoms with Gasteiger partial charge in [0.1, 0.15) is 23.0 Å². The molecule has 2 aromatic rings. The lowest BCUT2D eigenvalue weighted by molar-refractivity contribution is -0.145. The number of ether oxygens (including phenoxy) is 5. The van der Waals surface area contributed by atoms with Gasteiger partial charge in [0.15, 0.2) is 0 Å². The van der Waals surface area contributed by atoms with Crippen LogP contribution in [0.4, 0.5) is 0 Å². The van der Waals surface area contributed by atoms with E-state index in [1.807, 2.05) is 24.3 Å². The van der Waals surface area contributed by atoms with E-state index in [4.69, 9.17) is 23.7 Å². The van der Waals surface area contributed by atoms with E-state index in [0.29, 0.717) is 49.2 Å². The van der Waals surface area contributed by atoms with Crippen molar-refractivity contribution in [1.82, 2.24) is 0 Å². The molecule has 0 atom stereocenters. The molecule has 5 rings (SSSR count). The van der Waals surface area contributed by atoms with Gasteiger partial charge in [-0.3, -0.25) is 9.59 Å². The number of aliphatic hydroxyl groups is 1. The van der Waals surface area contributed by atoms with Crippen molar-refractivity contribution >= 4 is 11.9 Å². The summed E-state index contributed by atoms with van der Waals surface area (Å²) < 4.78 is 28.9. The van der Waals surface area contributed by atoms with Crippen molar-refractivity contribution in [3.05, 3.63) is 48.5 Å². The normalized spacial score (nSPS) is 28.0. The predicted octanol–water partition coefficient (Wildman–Crippen LogP) is 6.27. The van der Waals surface area contributed by atoms with E-state index in [1.54, 1.807) is 31.4 Å². The van der Waals surface area contributed by atoms with Crippen molar-refractivity contribution in [1.29, 1.82) is 0 Å². The molecule has 0 aliphatic heterocycles. The first kappa shape index (κ1) is 30.4. The minimum absolute atomic E-state index is 0.160. The lowest BCUT2D eigenvalue weighted by Gasteiger charge is -2.28. The van der Waals surface area contributed by atoms with Crippen molar-refractivity contribution in [3.8, 4) is 23.0 Å². The van der Waals surface area contributed by atoms with Crippen molar-refractivity contribution in [2.45, 2.75) is 95.4 Å². The number of methoxy groups -OCH3 is 1. The molecule has 3 aliphatic carbocycles. The zero-order valence-corrected chi connectivity index (χ0v) is 24.6. The highest BCUT2D eigenvalue weighted by Gasteiger charge is 2.32. The van der Waals surface area contributed by atoms with Crippen LogP contribution in [0.15, 0.2) is 48.5 Å². The van der Waals surface area contributed by atoms with Crippen LogP contribution in [0.2, 0.25) is 0 Å². The van der Waals surface area contributed by atoms with Gasteiger partial charge >= 0.3 is 11.9 Å². The summed E-state index contributed by atoms with van der Waals surface area (Å²) in [6.07, 6.45) is 10.9. The third-order valence-electron chi connectivity index (χ3n) is 9.09. The average molecular weight is 581 g/mol. The molecule has 2 aromatic carbocycles. The van der Waals surface area contributed by atoms with Crippen LogP contribution in [0.25, 0.3) is 0 Å². The SMILES string of the molecule is COC1CCC(Oc2ccc(OC(=O)C3CCC(C(=O)Oc4ccc(OC5CCC(CO)CC5)cc4)CC3)cc2)CC1. The minimum Gasteiger partial charge on any atom is -0.490 e. The minimum atomic E-state index is -0.260. The van der Waals surface area contributed by atoms with Crippen LogP contribution < -0.4 is 18.9 Å². The molecule has 1 N–H and O–H groups in total. The molecule has 0 saturated heterocycles. The summed E-state index contributed by atoms with van der Waals surface area (Å²) in [7, 11) is 1.76. The first-order valence-electron chi connectivity index (χ1n) is 15.6. The highest BCUT2D eigenvalue weighted by Crippen LogP contribution is 2.33. The second-order valence-corrected chi connectivity index (χ2v) is 12.0. The molecule has 228 valence electrons. The largest absolute Gasteiger partial charge is 0.490 e. The third kappa shape index (κ3) is 8.48. The topological polar surface area (TPSA) is 101 Å². The van der Waals surface area contributed by atoms with E-state index in [0.717, 1.165) is 62.9 Å². The summed E-state index contributed by atoms with van der Waals surface area (Å²) in [5.41, 5.74) is 0. The zero-order valence-electron chi connectivity index (χ0n) is 24.6. The summed E-state index contributed by atoms with van der Waals surface area (Å²) in [5, 5.41) is 9.30. The smallest absolute Gasteiger partial charge is 0.314 e. The summed E-state index contributed by atoms with van der Waals surface area (Å²) in [6.45, 7) is 0.250. The Bertz CT molecular complexity index is 1030. The number of aliphatic hydroxyl groups excluding tert-OH is 1. The van der Waals surface area contributed by atoms with Gasteiger partial charge in [0.2, 0.25) is 0 Å². The Morgan fingerprint density at radius 2 is 0.929 bits per heavy atom. The molecule has 8 heteroatoms. The summed E-state index contributed by atoms with van der Waals surface area (Å²) >= 11 is 0. The third-order valence-corrected chi connectivity index (χ3v) is 9.09. The van der Waals surface area contributed by atoms with Crippen molar-refractivity contribution in [2.75, 3.05) is 13.7 Å². The Morgan fingerprint density at radius 3 is 1.31 bits per heavy atom. The Morgan fingerprint density at radius 1 is 0.571 bits per heavy atom. The van der Waals surface area contributed by atoms with Gasteiger partial charge in [-0.15, -0.1) is 0 Å². The van der Waals surface area contributed by atoms with Gasteiger partial charge in [-0.1, -0.05) is 0 Å². The fourth-order valence-electron chi connectivity index (χ4n) is 6.34. The number of carbonyl (C=O) groups excluding carboxylic acids is 2. The first-order valence-corrected chi connectivity index (χ1v) is 15.6. The van der Waals surface area contributed by atoms with Gasteiger partial charge < -0.3 is 28.8 Å². The van der Waals surface area contributed by atoms with E-state index < -0.39 is 0 Å². The molecule has 8 nitrogen and oxygen atoms in total. The Hall–Kier alpha value is -3.10. The fourth-order valence-corrected chi connectivity index (χ4v) is 6.34. The van der Waals surface area contributed by atoms with E-state index in [2.05, 4.69) is 0 Å². The molecular weight excluding hydrogens is 536 g/mol. The summed E-state index contributed by atoms with van der Waals surface area (Å²) in [4.78, 5) is 25.6. The molecule has 0 aromatic heterocycles. The van der Waals surface area contributed by atoms with E-state index in [-0.39, 0.29) is 42.6 Å². The molecule has 3 aliphatic rings. The van der Waals surface area contributed by atoms with Crippen LogP contribution in [-0.4, -0.2) is 49.1 Å². The van der Waals surface area contributed by atoms with Gasteiger partial charge in [-0.25, -0.2) is 0 Å². The van der Waals surface area contributed by atoms with Gasteiger partial charge in [0.25, 0.3) is 0 Å². The monoisotopic (exact) mass is 580 g/mol. The van der Waals surface area contributed by atoms with Crippen LogP contribution in [0.5, 0.6) is 23.0 Å². The van der Waals surface area contributed by atoms with Crippen LogP contribution in [-0.2, 0) is 14.3 Å². The Balaban J connectivity index is 1.01. The van der Waals surface area contributed by atoms with Crippen LogP contribution in [0, 0.1) is 17.8 Å². The van der Waals surface area contributed by atoms with E-state index >= 15 is 0 Å². The second kappa shape index (κ2) is 14.9. The molecule has 0 bridgehead atoms. The lowest BCUT2D eigenvalue weighted by Crippen LogP contribution is -2.30. The average Bonchev–Trinajstić information content (AvgIpc) is 3.03. The van der Waals surface area contributed by atoms with Gasteiger partial charge in [-0.2, -0.15) is 0 Å². The maximum absolute atomic E-state index is 12.8. The summed E-state index contributed by atoms with van der Waals surface area (Å²) in [6, 6.07) is 14.4. The number of rotatable bonds is 10. The molecule has 42 heavy (non-hydrogen) atoms. The van der Waals surface area contributed by atoms with Crippen LogP contribution in [0.3, 0.4) is 0 Å². The number of benzene rings is 2. The number of hydrogen-bond acceptors (Lipinski definition) is 8. The van der Waals surface area contributed by atoms with Crippen LogP contribution >= 0.6 is 0 Å². The maximum Gasteiger partial charge on any atom is 0.314 e. The van der Waals surface area contributed by atoms with Crippen LogP contribution in [0.1, 0.15) is 77.0 Å². The number of hydrogen-bond donors (Lipinski definition) is 1. The van der Waals surface area contributed by atoms with Crippen molar-refractivity contribution < 1.29 is 38.4 Å². The fraction of sp³-hybridized carbons (Fsp3) is 0.588. The molecule has 0 unspecified atom stereocenters. The highest BCUT2D eigenvalue weighted by molar-refractivity contribution is 5.77. The first-order chi connectivity index (χ1) is 20.5. The number of esters is 2. The summed E-state index contributed by atoms with van der Waals surface area (Å²) in [5.74, 6) is 1.94. The van der Waals surface area contributed by atoms with Gasteiger partial charge in [-0.05, 0) is 131 Å². The molecule has 3 fully saturated rings. The second-order valence-electron chi connectivity index (χ2n) is 12.0. The lowest BCUT2D eigenvalue weighted by atomic mass is 9.82. The molecule has 0 heterocycles. The Kier molecular flexibility index (Phi) is 10.8. The highest BCUT2D eigenvalue weighted by atomic mass is 16.5. The van der Waals surface area contributed by atoms with E-state index in [1.165, 1.54) is 0 Å². The molecule has 0 radical (unpaired) electrons.